The number of amides is 1. The van der Waals surface area contributed by atoms with Crippen molar-refractivity contribution < 1.29 is 14.3 Å². The molecule has 0 aliphatic carbocycles. The van der Waals surface area contributed by atoms with Crippen LogP contribution in [0.15, 0.2) is 30.3 Å². The molecule has 0 unspecified atom stereocenters. The fourth-order valence-corrected chi connectivity index (χ4v) is 2.00. The molecule has 0 radical (unpaired) electrons. The van der Waals surface area contributed by atoms with E-state index >= 15 is 0 Å². The Labute approximate surface area is 104 Å². The molecule has 2 rings (SSSR count). The van der Waals surface area contributed by atoms with Crippen molar-refractivity contribution in [1.82, 2.24) is 4.90 Å². The van der Waals surface area contributed by atoms with Gasteiger partial charge in [-0.3, -0.25) is 9.69 Å². The molecule has 0 saturated carbocycles. The van der Waals surface area contributed by atoms with E-state index in [1.807, 2.05) is 30.3 Å². The molecule has 1 saturated heterocycles. The van der Waals surface area contributed by atoms with E-state index in [4.69, 9.17) is 16.3 Å². The molecule has 0 bridgehead atoms. The number of halogens is 1. The summed E-state index contributed by atoms with van der Waals surface area (Å²) in [7, 11) is 0. The van der Waals surface area contributed by atoms with Crippen LogP contribution in [0.2, 0.25) is 0 Å². The van der Waals surface area contributed by atoms with Gasteiger partial charge in [0.1, 0.15) is 6.61 Å². The van der Waals surface area contributed by atoms with Gasteiger partial charge in [-0.05, 0) is 23.6 Å². The Balaban J connectivity index is 2.05. The van der Waals surface area contributed by atoms with Crippen LogP contribution in [-0.4, -0.2) is 35.4 Å². The highest BCUT2D eigenvalue weighted by molar-refractivity contribution is 6.64. The van der Waals surface area contributed by atoms with Gasteiger partial charge in [0, 0.05) is 0 Å². The average molecular weight is 254 g/mol. The molecule has 5 heteroatoms. The van der Waals surface area contributed by atoms with Crippen LogP contribution < -0.4 is 0 Å². The van der Waals surface area contributed by atoms with Gasteiger partial charge in [-0.1, -0.05) is 30.3 Å². The van der Waals surface area contributed by atoms with Gasteiger partial charge in [0.2, 0.25) is 5.24 Å². The molecule has 1 heterocycles. The summed E-state index contributed by atoms with van der Waals surface area (Å²) in [4.78, 5) is 23.6. The van der Waals surface area contributed by atoms with Crippen molar-refractivity contribution in [2.75, 3.05) is 13.2 Å². The number of carbonyl (C=O) groups excluding carboxylic acids is 2. The summed E-state index contributed by atoms with van der Waals surface area (Å²) in [6.07, 6.45) is 0.191. The summed E-state index contributed by atoms with van der Waals surface area (Å²) >= 11 is 5.30. The fraction of sp³-hybridized carbons (Fsp3) is 0.333. The number of carbonyl (C=O) groups is 2. The minimum Gasteiger partial charge on any atom is -0.447 e. The molecule has 1 aliphatic rings. The van der Waals surface area contributed by atoms with Crippen LogP contribution in [0, 0.1) is 0 Å². The van der Waals surface area contributed by atoms with Crippen LogP contribution in [0.1, 0.15) is 5.56 Å². The van der Waals surface area contributed by atoms with Crippen LogP contribution in [0.4, 0.5) is 4.79 Å². The normalized spacial score (nSPS) is 19.2. The molecule has 17 heavy (non-hydrogen) atoms. The lowest BCUT2D eigenvalue weighted by atomic mass is 10.1. The van der Waals surface area contributed by atoms with E-state index in [1.165, 1.54) is 4.90 Å². The zero-order chi connectivity index (χ0) is 12.3. The van der Waals surface area contributed by atoms with Gasteiger partial charge in [-0.25, -0.2) is 4.79 Å². The second-order valence-electron chi connectivity index (χ2n) is 3.90. The number of nitrogens with zero attached hydrogens (tertiary/aromatic N) is 1. The lowest BCUT2D eigenvalue weighted by Crippen LogP contribution is -2.37. The minimum absolute atomic E-state index is 0.0993. The van der Waals surface area contributed by atoms with E-state index in [-0.39, 0.29) is 12.6 Å². The van der Waals surface area contributed by atoms with E-state index in [1.54, 1.807) is 0 Å². The number of benzene rings is 1. The highest BCUT2D eigenvalue weighted by atomic mass is 35.5. The highest BCUT2D eigenvalue weighted by Gasteiger charge is 2.33. The van der Waals surface area contributed by atoms with Crippen LogP contribution >= 0.6 is 11.6 Å². The van der Waals surface area contributed by atoms with Gasteiger partial charge >= 0.3 is 6.09 Å². The molecule has 1 aromatic rings. The molecule has 90 valence electrons. The van der Waals surface area contributed by atoms with Gasteiger partial charge < -0.3 is 4.74 Å². The van der Waals surface area contributed by atoms with Crippen molar-refractivity contribution in [3.63, 3.8) is 0 Å². The molecule has 1 fully saturated rings. The summed E-state index contributed by atoms with van der Waals surface area (Å²) < 4.78 is 4.93. The topological polar surface area (TPSA) is 46.6 Å². The second-order valence-corrected chi connectivity index (χ2v) is 4.33. The number of cyclic esters (lactones) is 1. The predicted molar refractivity (Wildman–Crippen MR) is 62.8 cm³/mol. The molecular weight excluding hydrogens is 242 g/mol. The monoisotopic (exact) mass is 253 g/mol. The molecular formula is C12H12ClNO3. The van der Waals surface area contributed by atoms with Gasteiger partial charge in [0.25, 0.3) is 0 Å². The van der Waals surface area contributed by atoms with E-state index in [0.717, 1.165) is 5.56 Å². The average Bonchev–Trinajstić information content (AvgIpc) is 2.62. The maximum atomic E-state index is 11.4. The summed E-state index contributed by atoms with van der Waals surface area (Å²) in [6.45, 7) is 0.204. The molecule has 1 aliphatic heterocycles. The van der Waals surface area contributed by atoms with Gasteiger partial charge in [0.05, 0.1) is 12.6 Å². The lowest BCUT2D eigenvalue weighted by Gasteiger charge is -2.19. The summed E-state index contributed by atoms with van der Waals surface area (Å²) in [6, 6.07) is 9.63. The Hall–Kier alpha value is -1.55. The molecule has 0 N–H and O–H groups in total. The first kappa shape index (κ1) is 11.9. The van der Waals surface area contributed by atoms with Gasteiger partial charge in [-0.2, -0.15) is 0 Å². The number of ether oxygens (including phenoxy) is 1. The molecule has 0 spiro atoms. The van der Waals surface area contributed by atoms with E-state index in [0.29, 0.717) is 13.0 Å². The Kier molecular flexibility index (Phi) is 3.64. The van der Waals surface area contributed by atoms with Crippen molar-refractivity contribution in [3.05, 3.63) is 35.9 Å². The number of hydrogen-bond donors (Lipinski definition) is 0. The fourth-order valence-electron chi connectivity index (χ4n) is 1.87. The highest BCUT2D eigenvalue weighted by Crippen LogP contribution is 2.17. The van der Waals surface area contributed by atoms with Crippen molar-refractivity contribution in [2.24, 2.45) is 0 Å². The molecule has 4 nitrogen and oxygen atoms in total. The Morgan fingerprint density at radius 2 is 2.12 bits per heavy atom. The van der Waals surface area contributed by atoms with Gasteiger partial charge in [0.15, 0.2) is 0 Å². The first-order chi connectivity index (χ1) is 8.16. The van der Waals surface area contributed by atoms with Crippen LogP contribution in [0.25, 0.3) is 0 Å². The van der Waals surface area contributed by atoms with Crippen molar-refractivity contribution in [2.45, 2.75) is 12.5 Å². The van der Waals surface area contributed by atoms with Crippen molar-refractivity contribution in [1.29, 1.82) is 0 Å². The smallest absolute Gasteiger partial charge is 0.410 e. The largest absolute Gasteiger partial charge is 0.447 e. The van der Waals surface area contributed by atoms with Crippen molar-refractivity contribution in [3.8, 4) is 0 Å². The SMILES string of the molecule is O=C(Cl)CN1C(=O)OC[C@@H]1Cc1ccccc1. The molecule has 1 atom stereocenters. The minimum atomic E-state index is -0.554. The Bertz CT molecular complexity index is 421. The number of rotatable bonds is 4. The van der Waals surface area contributed by atoms with Gasteiger partial charge in [-0.15, -0.1) is 0 Å². The zero-order valence-corrected chi connectivity index (χ0v) is 9.89. The standard InChI is InChI=1S/C12H12ClNO3/c13-11(15)7-14-10(8-17-12(14)16)6-9-4-2-1-3-5-9/h1-5,10H,6-8H2/t10-/m0/s1. The maximum absolute atomic E-state index is 11.4. The maximum Gasteiger partial charge on any atom is 0.410 e. The van der Waals surface area contributed by atoms with Crippen molar-refractivity contribution >= 4 is 22.9 Å². The Morgan fingerprint density at radius 3 is 2.76 bits per heavy atom. The molecule has 1 aromatic carbocycles. The summed E-state index contributed by atoms with van der Waals surface area (Å²) in [5.74, 6) is 0. The second kappa shape index (κ2) is 5.19. The third-order valence-electron chi connectivity index (χ3n) is 2.68. The zero-order valence-electron chi connectivity index (χ0n) is 9.14. The third kappa shape index (κ3) is 2.97. The van der Waals surface area contributed by atoms with Crippen LogP contribution in [0.5, 0.6) is 0 Å². The van der Waals surface area contributed by atoms with Crippen LogP contribution in [-0.2, 0) is 16.0 Å². The molecule has 0 aromatic heterocycles. The van der Waals surface area contributed by atoms with Crippen LogP contribution in [0.3, 0.4) is 0 Å². The first-order valence-corrected chi connectivity index (χ1v) is 5.70. The van der Waals surface area contributed by atoms with E-state index in [9.17, 15) is 9.59 Å². The summed E-state index contributed by atoms with van der Waals surface area (Å²) in [5.41, 5.74) is 1.10. The first-order valence-electron chi connectivity index (χ1n) is 5.32. The van der Waals surface area contributed by atoms with E-state index < -0.39 is 11.3 Å². The molecule has 1 amide bonds. The quantitative estimate of drug-likeness (QED) is 0.769. The summed E-state index contributed by atoms with van der Waals surface area (Å²) in [5, 5.41) is -0.554. The number of hydrogen-bond acceptors (Lipinski definition) is 3. The van der Waals surface area contributed by atoms with E-state index in [2.05, 4.69) is 0 Å². The predicted octanol–water partition coefficient (Wildman–Crippen LogP) is 1.82. The lowest BCUT2D eigenvalue weighted by molar-refractivity contribution is -0.112. The Morgan fingerprint density at radius 1 is 1.41 bits per heavy atom. The third-order valence-corrected chi connectivity index (χ3v) is 2.80.